The number of nitrogens with two attached hydrogens (primary N) is 1. The Labute approximate surface area is 121 Å². The van der Waals surface area contributed by atoms with E-state index in [4.69, 9.17) is 15.9 Å². The summed E-state index contributed by atoms with van der Waals surface area (Å²) >= 11 is 0. The van der Waals surface area contributed by atoms with Crippen molar-refractivity contribution in [3.05, 3.63) is 24.0 Å². The third kappa shape index (κ3) is 3.30. The molecular formula is C16H25N3O. The molecule has 3 unspecified atom stereocenters. The molecule has 0 spiro atoms. The van der Waals surface area contributed by atoms with Gasteiger partial charge in [-0.3, -0.25) is 5.41 Å². The van der Waals surface area contributed by atoms with Gasteiger partial charge in [0.05, 0.1) is 0 Å². The molecule has 0 bridgehead atoms. The van der Waals surface area contributed by atoms with Gasteiger partial charge in [0.25, 0.3) is 0 Å². The van der Waals surface area contributed by atoms with Crippen molar-refractivity contribution in [2.75, 3.05) is 0 Å². The van der Waals surface area contributed by atoms with Gasteiger partial charge in [-0.15, -0.1) is 0 Å². The number of aromatic nitrogens is 1. The van der Waals surface area contributed by atoms with E-state index in [-0.39, 0.29) is 11.9 Å². The highest BCUT2D eigenvalue weighted by Crippen LogP contribution is 2.36. The van der Waals surface area contributed by atoms with Gasteiger partial charge in [0.2, 0.25) is 0 Å². The topological polar surface area (TPSA) is 72.0 Å². The van der Waals surface area contributed by atoms with Gasteiger partial charge < -0.3 is 10.5 Å². The fourth-order valence-corrected chi connectivity index (χ4v) is 3.10. The third-order valence-corrected chi connectivity index (χ3v) is 4.27. The van der Waals surface area contributed by atoms with E-state index in [2.05, 4.69) is 25.8 Å². The molecule has 1 aromatic heterocycles. The number of hydrogen-bond acceptors (Lipinski definition) is 3. The van der Waals surface area contributed by atoms with Crippen LogP contribution in [0.5, 0.6) is 5.75 Å². The minimum absolute atomic E-state index is 0.0365. The largest absolute Gasteiger partial charge is 0.488 e. The molecule has 1 aliphatic rings. The Morgan fingerprint density at radius 1 is 1.45 bits per heavy atom. The van der Waals surface area contributed by atoms with E-state index in [1.165, 1.54) is 12.8 Å². The van der Waals surface area contributed by atoms with E-state index in [1.54, 1.807) is 6.20 Å². The van der Waals surface area contributed by atoms with Crippen LogP contribution in [0.4, 0.5) is 0 Å². The predicted octanol–water partition coefficient (Wildman–Crippen LogP) is 3.21. The van der Waals surface area contributed by atoms with Crippen LogP contribution in [0.3, 0.4) is 0 Å². The first kappa shape index (κ1) is 14.8. The summed E-state index contributed by atoms with van der Waals surface area (Å²) in [6.45, 7) is 6.79. The zero-order chi connectivity index (χ0) is 14.7. The van der Waals surface area contributed by atoms with Gasteiger partial charge in [0.1, 0.15) is 23.4 Å². The van der Waals surface area contributed by atoms with Gasteiger partial charge in [-0.05, 0) is 42.7 Å². The van der Waals surface area contributed by atoms with Gasteiger partial charge in [0, 0.05) is 6.20 Å². The number of nitrogen functional groups attached to an aromatic ring is 1. The lowest BCUT2D eigenvalue weighted by atomic mass is 9.75. The van der Waals surface area contributed by atoms with Crippen LogP contribution in [0.1, 0.15) is 45.7 Å². The fraction of sp³-hybridized carbons (Fsp3) is 0.625. The van der Waals surface area contributed by atoms with Crippen LogP contribution < -0.4 is 10.5 Å². The van der Waals surface area contributed by atoms with E-state index >= 15 is 0 Å². The molecule has 4 nitrogen and oxygen atoms in total. The summed E-state index contributed by atoms with van der Waals surface area (Å²) in [7, 11) is 0. The number of rotatable bonds is 4. The Morgan fingerprint density at radius 3 is 2.85 bits per heavy atom. The highest BCUT2D eigenvalue weighted by atomic mass is 16.5. The minimum atomic E-state index is -0.0365. The van der Waals surface area contributed by atoms with Crippen LogP contribution in [0.15, 0.2) is 18.3 Å². The minimum Gasteiger partial charge on any atom is -0.488 e. The lowest BCUT2D eigenvalue weighted by Gasteiger charge is -2.37. The Hall–Kier alpha value is -1.58. The Kier molecular flexibility index (Phi) is 4.63. The smallest absolute Gasteiger partial charge is 0.149 e. The van der Waals surface area contributed by atoms with Crippen molar-refractivity contribution in [3.8, 4) is 5.75 Å². The molecule has 0 amide bonds. The standard InChI is InChI=1S/C16H25N3O/c1-10(2)12-7-6-11(3)9-14(12)20-13-5-4-8-19-15(13)16(17)18/h4-5,8,10-12,14H,6-7,9H2,1-3H3,(H3,17,18). The summed E-state index contributed by atoms with van der Waals surface area (Å²) in [5, 5.41) is 7.60. The monoisotopic (exact) mass is 275 g/mol. The van der Waals surface area contributed by atoms with Crippen molar-refractivity contribution in [1.29, 1.82) is 5.41 Å². The first-order valence-corrected chi connectivity index (χ1v) is 7.45. The van der Waals surface area contributed by atoms with Crippen molar-refractivity contribution in [1.82, 2.24) is 4.98 Å². The van der Waals surface area contributed by atoms with E-state index < -0.39 is 0 Å². The summed E-state index contributed by atoms with van der Waals surface area (Å²) < 4.78 is 6.21. The molecule has 0 aliphatic heterocycles. The Balaban J connectivity index is 2.20. The second-order valence-corrected chi connectivity index (χ2v) is 6.25. The van der Waals surface area contributed by atoms with Gasteiger partial charge in [-0.25, -0.2) is 4.98 Å². The first-order valence-electron chi connectivity index (χ1n) is 7.45. The van der Waals surface area contributed by atoms with Gasteiger partial charge in [0.15, 0.2) is 0 Å². The molecule has 0 aromatic carbocycles. The lowest BCUT2D eigenvalue weighted by molar-refractivity contribution is 0.0456. The van der Waals surface area contributed by atoms with Crippen LogP contribution in [0.2, 0.25) is 0 Å². The molecule has 1 aliphatic carbocycles. The average Bonchev–Trinajstić information content (AvgIpc) is 2.38. The molecule has 3 atom stereocenters. The van der Waals surface area contributed by atoms with E-state index in [9.17, 15) is 0 Å². The zero-order valence-electron chi connectivity index (χ0n) is 12.6. The van der Waals surface area contributed by atoms with Crippen LogP contribution in [-0.2, 0) is 0 Å². The molecule has 3 N–H and O–H groups in total. The van der Waals surface area contributed by atoms with Crippen LogP contribution in [0, 0.1) is 23.2 Å². The second-order valence-electron chi connectivity index (χ2n) is 6.25. The first-order chi connectivity index (χ1) is 9.49. The summed E-state index contributed by atoms with van der Waals surface area (Å²) in [5.74, 6) is 2.46. The number of ether oxygens (including phenoxy) is 1. The van der Waals surface area contributed by atoms with Crippen molar-refractivity contribution in [2.45, 2.75) is 46.1 Å². The van der Waals surface area contributed by atoms with Crippen LogP contribution >= 0.6 is 0 Å². The van der Waals surface area contributed by atoms with E-state index in [1.807, 2.05) is 12.1 Å². The van der Waals surface area contributed by atoms with Gasteiger partial charge >= 0.3 is 0 Å². The molecule has 1 heterocycles. The van der Waals surface area contributed by atoms with E-state index in [0.29, 0.717) is 29.2 Å². The molecular weight excluding hydrogens is 250 g/mol. The van der Waals surface area contributed by atoms with Gasteiger partial charge in [-0.2, -0.15) is 0 Å². The number of nitrogens with one attached hydrogen (secondary N) is 1. The number of nitrogens with zero attached hydrogens (tertiary/aromatic N) is 1. The number of amidine groups is 1. The van der Waals surface area contributed by atoms with Gasteiger partial charge in [-0.1, -0.05) is 27.2 Å². The van der Waals surface area contributed by atoms with Crippen LogP contribution in [0.25, 0.3) is 0 Å². The summed E-state index contributed by atoms with van der Waals surface area (Å²) in [6, 6.07) is 3.69. The maximum atomic E-state index is 7.60. The normalized spacial score (nSPS) is 26.5. The molecule has 0 saturated heterocycles. The third-order valence-electron chi connectivity index (χ3n) is 4.27. The molecule has 4 heteroatoms. The summed E-state index contributed by atoms with van der Waals surface area (Å²) in [5.41, 5.74) is 6.03. The van der Waals surface area contributed by atoms with Crippen molar-refractivity contribution in [2.24, 2.45) is 23.5 Å². The quantitative estimate of drug-likeness (QED) is 0.654. The van der Waals surface area contributed by atoms with Crippen molar-refractivity contribution >= 4 is 5.84 Å². The summed E-state index contributed by atoms with van der Waals surface area (Å²) in [6.07, 6.45) is 5.39. The fourth-order valence-electron chi connectivity index (χ4n) is 3.10. The molecule has 1 aromatic rings. The molecule has 1 saturated carbocycles. The lowest BCUT2D eigenvalue weighted by Crippen LogP contribution is -2.36. The van der Waals surface area contributed by atoms with Crippen LogP contribution in [-0.4, -0.2) is 16.9 Å². The Morgan fingerprint density at radius 2 is 2.20 bits per heavy atom. The average molecular weight is 275 g/mol. The van der Waals surface area contributed by atoms with E-state index in [0.717, 1.165) is 6.42 Å². The van der Waals surface area contributed by atoms with Crippen molar-refractivity contribution in [3.63, 3.8) is 0 Å². The van der Waals surface area contributed by atoms with Crippen molar-refractivity contribution < 1.29 is 4.74 Å². The molecule has 20 heavy (non-hydrogen) atoms. The number of hydrogen-bond donors (Lipinski definition) is 2. The predicted molar refractivity (Wildman–Crippen MR) is 81.0 cm³/mol. The maximum Gasteiger partial charge on any atom is 0.149 e. The molecule has 110 valence electrons. The second kappa shape index (κ2) is 6.25. The highest BCUT2D eigenvalue weighted by Gasteiger charge is 2.32. The summed E-state index contributed by atoms with van der Waals surface area (Å²) in [4.78, 5) is 4.16. The number of pyridine rings is 1. The molecule has 2 rings (SSSR count). The highest BCUT2D eigenvalue weighted by molar-refractivity contribution is 5.95. The zero-order valence-corrected chi connectivity index (χ0v) is 12.6. The molecule has 1 fully saturated rings. The maximum absolute atomic E-state index is 7.60. The molecule has 0 radical (unpaired) electrons. The Bertz CT molecular complexity index is 473. The SMILES string of the molecule is CC1CCC(C(C)C)C(Oc2cccnc2C(=N)N)C1.